The number of benzene rings is 1. The van der Waals surface area contributed by atoms with Crippen molar-refractivity contribution >= 4 is 17.5 Å². The molecule has 26 heavy (non-hydrogen) atoms. The van der Waals surface area contributed by atoms with Crippen LogP contribution in [0.1, 0.15) is 50.3 Å². The van der Waals surface area contributed by atoms with E-state index < -0.39 is 5.41 Å². The predicted molar refractivity (Wildman–Crippen MR) is 104 cm³/mol. The van der Waals surface area contributed by atoms with Gasteiger partial charge in [-0.25, -0.2) is 0 Å². The van der Waals surface area contributed by atoms with Crippen molar-refractivity contribution in [3.63, 3.8) is 0 Å². The molecule has 0 spiro atoms. The molecule has 0 saturated carbocycles. The Morgan fingerprint density at radius 3 is 2.35 bits per heavy atom. The number of aromatic nitrogens is 1. The molecule has 2 aromatic rings. The number of nitrogens with one attached hydrogen (secondary N) is 2. The van der Waals surface area contributed by atoms with E-state index in [4.69, 9.17) is 0 Å². The Morgan fingerprint density at radius 2 is 1.73 bits per heavy atom. The molecule has 2 amide bonds. The summed E-state index contributed by atoms with van der Waals surface area (Å²) in [7, 11) is 0. The third-order valence-electron chi connectivity index (χ3n) is 4.50. The van der Waals surface area contributed by atoms with Crippen LogP contribution in [0.15, 0.2) is 42.7 Å². The largest absolute Gasteiger partial charge is 0.351 e. The number of hydrogen-bond acceptors (Lipinski definition) is 3. The first-order chi connectivity index (χ1) is 12.2. The standard InChI is InChI=1S/C21H27N3O2/c1-14(2)17-8-6-7-15(3)18(17)24-20(26)21(4,5)19(25)23-13-16-9-11-22-12-10-16/h6-12,14H,13H2,1-5H3,(H,23,25)(H,24,26). The van der Waals surface area contributed by atoms with Crippen LogP contribution in [0, 0.1) is 12.3 Å². The number of pyridine rings is 1. The Hall–Kier alpha value is -2.69. The smallest absolute Gasteiger partial charge is 0.239 e. The minimum absolute atomic E-state index is 0.272. The second-order valence-corrected chi connectivity index (χ2v) is 7.31. The van der Waals surface area contributed by atoms with Gasteiger partial charge in [-0.2, -0.15) is 0 Å². The van der Waals surface area contributed by atoms with Crippen LogP contribution in [0.4, 0.5) is 5.69 Å². The number of anilines is 1. The fraction of sp³-hybridized carbons (Fsp3) is 0.381. The lowest BCUT2D eigenvalue weighted by molar-refractivity contribution is -0.138. The second-order valence-electron chi connectivity index (χ2n) is 7.31. The average Bonchev–Trinajstić information content (AvgIpc) is 2.61. The van der Waals surface area contributed by atoms with Gasteiger partial charge < -0.3 is 10.6 Å². The van der Waals surface area contributed by atoms with Gasteiger partial charge in [-0.1, -0.05) is 32.0 Å². The maximum absolute atomic E-state index is 12.8. The molecule has 0 unspecified atom stereocenters. The van der Waals surface area contributed by atoms with Crippen molar-refractivity contribution in [3.05, 3.63) is 59.4 Å². The topological polar surface area (TPSA) is 71.1 Å². The first-order valence-electron chi connectivity index (χ1n) is 8.81. The van der Waals surface area contributed by atoms with Gasteiger partial charge in [0.15, 0.2) is 0 Å². The first-order valence-corrected chi connectivity index (χ1v) is 8.81. The van der Waals surface area contributed by atoms with E-state index in [-0.39, 0.29) is 17.7 Å². The van der Waals surface area contributed by atoms with Crippen LogP contribution in [0.3, 0.4) is 0 Å². The lowest BCUT2D eigenvalue weighted by Crippen LogP contribution is -2.45. The predicted octanol–water partition coefficient (Wildman–Crippen LogP) is 3.79. The monoisotopic (exact) mass is 353 g/mol. The van der Waals surface area contributed by atoms with E-state index in [0.29, 0.717) is 6.54 Å². The molecule has 0 atom stereocenters. The van der Waals surface area contributed by atoms with Gasteiger partial charge in [0, 0.05) is 24.6 Å². The highest BCUT2D eigenvalue weighted by Gasteiger charge is 2.36. The number of carbonyl (C=O) groups excluding carboxylic acids is 2. The van der Waals surface area contributed by atoms with Gasteiger partial charge in [-0.05, 0) is 55.5 Å². The van der Waals surface area contributed by atoms with E-state index in [9.17, 15) is 9.59 Å². The Balaban J connectivity index is 2.11. The summed E-state index contributed by atoms with van der Waals surface area (Å²) in [5.41, 5.74) is 2.58. The maximum atomic E-state index is 12.8. The molecule has 2 N–H and O–H groups in total. The van der Waals surface area contributed by atoms with Crippen LogP contribution in [0.5, 0.6) is 0 Å². The van der Waals surface area contributed by atoms with E-state index in [2.05, 4.69) is 29.5 Å². The third-order valence-corrected chi connectivity index (χ3v) is 4.50. The summed E-state index contributed by atoms with van der Waals surface area (Å²) in [6, 6.07) is 9.60. The molecule has 0 fully saturated rings. The van der Waals surface area contributed by atoms with Crippen LogP contribution >= 0.6 is 0 Å². The molecule has 0 saturated heterocycles. The van der Waals surface area contributed by atoms with Gasteiger partial charge in [0.05, 0.1) is 0 Å². The molecule has 5 nitrogen and oxygen atoms in total. The molecular formula is C21H27N3O2. The fourth-order valence-corrected chi connectivity index (χ4v) is 2.62. The minimum Gasteiger partial charge on any atom is -0.351 e. The molecule has 1 aromatic heterocycles. The van der Waals surface area contributed by atoms with Gasteiger partial charge in [-0.15, -0.1) is 0 Å². The normalized spacial score (nSPS) is 11.3. The Kier molecular flexibility index (Phi) is 6.14. The van der Waals surface area contributed by atoms with Gasteiger partial charge in [0.1, 0.15) is 5.41 Å². The van der Waals surface area contributed by atoms with Crippen molar-refractivity contribution in [2.24, 2.45) is 5.41 Å². The average molecular weight is 353 g/mol. The number of rotatable bonds is 6. The van der Waals surface area contributed by atoms with Crippen molar-refractivity contribution in [1.82, 2.24) is 10.3 Å². The van der Waals surface area contributed by atoms with Crippen molar-refractivity contribution in [3.8, 4) is 0 Å². The van der Waals surface area contributed by atoms with E-state index >= 15 is 0 Å². The number of nitrogens with zero attached hydrogens (tertiary/aromatic N) is 1. The highest BCUT2D eigenvalue weighted by atomic mass is 16.2. The summed E-state index contributed by atoms with van der Waals surface area (Å²) in [5.74, 6) is -0.360. The van der Waals surface area contributed by atoms with Gasteiger partial charge >= 0.3 is 0 Å². The molecule has 5 heteroatoms. The summed E-state index contributed by atoms with van der Waals surface area (Å²) < 4.78 is 0. The Bertz CT molecular complexity index is 783. The third kappa shape index (κ3) is 4.48. The molecule has 2 rings (SSSR count). The number of hydrogen-bond donors (Lipinski definition) is 2. The first kappa shape index (κ1) is 19.6. The molecule has 0 radical (unpaired) electrons. The van der Waals surface area contributed by atoms with Crippen LogP contribution in [-0.2, 0) is 16.1 Å². The molecule has 1 aromatic carbocycles. The molecule has 0 aliphatic rings. The highest BCUT2D eigenvalue weighted by molar-refractivity contribution is 6.10. The summed E-state index contributed by atoms with van der Waals surface area (Å²) in [5, 5.41) is 5.80. The molecular weight excluding hydrogens is 326 g/mol. The number of carbonyl (C=O) groups is 2. The van der Waals surface area contributed by atoms with Crippen LogP contribution in [0.2, 0.25) is 0 Å². The minimum atomic E-state index is -1.19. The van der Waals surface area contributed by atoms with Crippen molar-refractivity contribution in [2.75, 3.05) is 5.32 Å². The quantitative estimate of drug-likeness (QED) is 0.776. The second kappa shape index (κ2) is 8.13. The van der Waals surface area contributed by atoms with Crippen molar-refractivity contribution in [2.45, 2.75) is 47.1 Å². The van der Waals surface area contributed by atoms with Crippen molar-refractivity contribution in [1.29, 1.82) is 0 Å². The van der Waals surface area contributed by atoms with Gasteiger partial charge in [0.25, 0.3) is 0 Å². The zero-order chi connectivity index (χ0) is 19.3. The van der Waals surface area contributed by atoms with Gasteiger partial charge in [-0.3, -0.25) is 14.6 Å². The lowest BCUT2D eigenvalue weighted by atomic mass is 9.90. The van der Waals surface area contributed by atoms with E-state index in [1.54, 1.807) is 26.2 Å². The highest BCUT2D eigenvalue weighted by Crippen LogP contribution is 2.29. The maximum Gasteiger partial charge on any atom is 0.239 e. The van der Waals surface area contributed by atoms with Crippen LogP contribution in [-0.4, -0.2) is 16.8 Å². The Morgan fingerprint density at radius 1 is 1.08 bits per heavy atom. The van der Waals surface area contributed by atoms with Crippen LogP contribution < -0.4 is 10.6 Å². The van der Waals surface area contributed by atoms with E-state index in [1.165, 1.54) is 0 Å². The van der Waals surface area contributed by atoms with Gasteiger partial charge in [0.2, 0.25) is 11.8 Å². The van der Waals surface area contributed by atoms with Crippen LogP contribution in [0.25, 0.3) is 0 Å². The zero-order valence-corrected chi connectivity index (χ0v) is 16.1. The van der Waals surface area contributed by atoms with Crippen molar-refractivity contribution < 1.29 is 9.59 Å². The summed E-state index contributed by atoms with van der Waals surface area (Å²) in [4.78, 5) is 29.4. The summed E-state index contributed by atoms with van der Waals surface area (Å²) in [6.45, 7) is 9.75. The molecule has 0 bridgehead atoms. The number of amides is 2. The molecule has 138 valence electrons. The number of aryl methyl sites for hydroxylation is 1. The fourth-order valence-electron chi connectivity index (χ4n) is 2.62. The summed E-state index contributed by atoms with van der Waals surface area (Å²) >= 11 is 0. The zero-order valence-electron chi connectivity index (χ0n) is 16.1. The molecule has 0 aliphatic carbocycles. The summed E-state index contributed by atoms with van der Waals surface area (Å²) in [6.07, 6.45) is 3.34. The van der Waals surface area contributed by atoms with E-state index in [0.717, 1.165) is 22.4 Å². The molecule has 1 heterocycles. The lowest BCUT2D eigenvalue weighted by Gasteiger charge is -2.25. The SMILES string of the molecule is Cc1cccc(C(C)C)c1NC(=O)C(C)(C)C(=O)NCc1ccncc1. The number of para-hydroxylation sites is 1. The van der Waals surface area contributed by atoms with E-state index in [1.807, 2.05) is 37.3 Å². The Labute approximate surface area is 155 Å². The molecule has 0 aliphatic heterocycles.